The summed E-state index contributed by atoms with van der Waals surface area (Å²) in [6.45, 7) is 0. The summed E-state index contributed by atoms with van der Waals surface area (Å²) in [5, 5.41) is 10.5. The second-order valence-electron chi connectivity index (χ2n) is 6.76. The average Bonchev–Trinajstić information content (AvgIpc) is 3.45. The molecule has 5 heteroatoms. The maximum absolute atomic E-state index is 13.1. The molecule has 2 unspecified atom stereocenters. The number of alkyl halides is 2. The molecule has 1 N–H and O–H groups in total. The van der Waals surface area contributed by atoms with Crippen molar-refractivity contribution in [2.45, 2.75) is 49.1 Å². The number of benzene rings is 1. The number of nitriles is 1. The number of allylic oxidation sites excluding steroid dienone is 1. The van der Waals surface area contributed by atoms with Crippen molar-refractivity contribution in [2.75, 3.05) is 5.32 Å². The Morgan fingerprint density at radius 3 is 2.62 bits per heavy atom. The molecule has 2 saturated carbocycles. The minimum absolute atomic E-state index is 0.0249. The van der Waals surface area contributed by atoms with Crippen molar-refractivity contribution in [3.63, 3.8) is 0 Å². The van der Waals surface area contributed by atoms with E-state index in [-0.39, 0.29) is 17.2 Å². The predicted molar refractivity (Wildman–Crippen MR) is 92.4 cm³/mol. The number of rotatable bonds is 7. The van der Waals surface area contributed by atoms with Crippen molar-refractivity contribution in [3.05, 3.63) is 42.0 Å². The molecule has 0 aliphatic heterocycles. The zero-order chi connectivity index (χ0) is 17.2. The molecule has 2 aliphatic rings. The lowest BCUT2D eigenvalue weighted by atomic mass is 9.98. The first-order valence-electron chi connectivity index (χ1n) is 8.32. The second-order valence-corrected chi connectivity index (χ2v) is 7.38. The van der Waals surface area contributed by atoms with Crippen LogP contribution in [0.25, 0.3) is 0 Å². The third-order valence-corrected chi connectivity index (χ3v) is 5.28. The van der Waals surface area contributed by atoms with Crippen molar-refractivity contribution < 1.29 is 9.18 Å². The summed E-state index contributed by atoms with van der Waals surface area (Å²) in [5.41, 5.74) is 1.43. The number of carbonyl (C=O) groups is 1. The Hall–Kier alpha value is -1.86. The van der Waals surface area contributed by atoms with Gasteiger partial charge in [0.1, 0.15) is 0 Å². The molecule has 2 atom stereocenters. The molecule has 2 aliphatic carbocycles. The SMILES string of the molecule is N#CC1(c2ccc(NC(=O)/C=C/CCCC3CC3(F)Cl)cc2)CC1. The molecule has 3 nitrogen and oxygen atoms in total. The molecule has 0 radical (unpaired) electrons. The standard InChI is InChI=1S/C19H20ClFN2O/c20-19(21)12-15(19)4-2-1-3-5-17(24)23-16-8-6-14(7-9-16)18(13-22)10-11-18/h3,5-9,15H,1-2,4,10-12H2,(H,23,24)/b5-3+. The summed E-state index contributed by atoms with van der Waals surface area (Å²) in [6.07, 6.45) is 7.89. The van der Waals surface area contributed by atoms with Crippen LogP contribution in [0, 0.1) is 17.2 Å². The van der Waals surface area contributed by atoms with Gasteiger partial charge < -0.3 is 5.32 Å². The number of unbranched alkanes of at least 4 members (excludes halogenated alkanes) is 1. The molecule has 1 aromatic carbocycles. The van der Waals surface area contributed by atoms with Crippen molar-refractivity contribution in [1.29, 1.82) is 5.26 Å². The summed E-state index contributed by atoms with van der Waals surface area (Å²) < 4.78 is 13.1. The number of nitrogens with zero attached hydrogens (tertiary/aromatic N) is 1. The van der Waals surface area contributed by atoms with Gasteiger partial charge in [-0.25, -0.2) is 4.39 Å². The highest BCUT2D eigenvalue weighted by Gasteiger charge is 2.53. The molecule has 24 heavy (non-hydrogen) atoms. The van der Waals surface area contributed by atoms with Gasteiger partial charge in [-0.3, -0.25) is 4.79 Å². The lowest BCUT2D eigenvalue weighted by Crippen LogP contribution is -2.08. The van der Waals surface area contributed by atoms with Crippen LogP contribution in [-0.4, -0.2) is 11.0 Å². The van der Waals surface area contributed by atoms with Gasteiger partial charge >= 0.3 is 0 Å². The molecule has 1 aromatic rings. The van der Waals surface area contributed by atoms with Crippen molar-refractivity contribution >= 4 is 23.2 Å². The Bertz CT molecular complexity index is 686. The fourth-order valence-corrected chi connectivity index (χ4v) is 3.20. The maximum Gasteiger partial charge on any atom is 0.248 e. The first-order chi connectivity index (χ1) is 11.5. The molecule has 1 amide bonds. The van der Waals surface area contributed by atoms with Gasteiger partial charge in [-0.15, -0.1) is 0 Å². The number of hydrogen-bond donors (Lipinski definition) is 1. The van der Waals surface area contributed by atoms with Crippen LogP contribution >= 0.6 is 11.6 Å². The third-order valence-electron chi connectivity index (χ3n) is 4.82. The molecule has 0 saturated heterocycles. The van der Waals surface area contributed by atoms with Gasteiger partial charge in [-0.05, 0) is 55.9 Å². The highest BCUT2D eigenvalue weighted by atomic mass is 35.5. The molecule has 126 valence electrons. The fraction of sp³-hybridized carbons (Fsp3) is 0.474. The third kappa shape index (κ3) is 3.96. The highest BCUT2D eigenvalue weighted by Crippen LogP contribution is 2.53. The van der Waals surface area contributed by atoms with Crippen molar-refractivity contribution in [3.8, 4) is 6.07 Å². The molecular weight excluding hydrogens is 327 g/mol. The molecule has 0 bridgehead atoms. The fourth-order valence-electron chi connectivity index (χ4n) is 2.90. The summed E-state index contributed by atoms with van der Waals surface area (Å²) in [7, 11) is 0. The van der Waals surface area contributed by atoms with E-state index in [1.54, 1.807) is 6.08 Å². The molecule has 0 heterocycles. The quantitative estimate of drug-likeness (QED) is 0.436. The lowest BCUT2D eigenvalue weighted by Gasteiger charge is -2.07. The maximum atomic E-state index is 13.1. The number of carbonyl (C=O) groups excluding carboxylic acids is 1. The lowest BCUT2D eigenvalue weighted by molar-refractivity contribution is -0.111. The van der Waals surface area contributed by atoms with E-state index >= 15 is 0 Å². The smallest absolute Gasteiger partial charge is 0.248 e. The van der Waals surface area contributed by atoms with Gasteiger partial charge in [0.2, 0.25) is 5.91 Å². The summed E-state index contributed by atoms with van der Waals surface area (Å²) in [6, 6.07) is 9.82. The van der Waals surface area contributed by atoms with Crippen molar-refractivity contribution in [2.24, 2.45) is 5.92 Å². The van der Waals surface area contributed by atoms with Gasteiger partial charge in [0.15, 0.2) is 5.13 Å². The molecule has 0 aromatic heterocycles. The van der Waals surface area contributed by atoms with Crippen LogP contribution in [-0.2, 0) is 10.2 Å². The first kappa shape index (κ1) is 17.0. The Labute approximate surface area is 146 Å². The predicted octanol–water partition coefficient (Wildman–Crippen LogP) is 4.83. The second kappa shape index (κ2) is 6.57. The molecule has 0 spiro atoms. The zero-order valence-corrected chi connectivity index (χ0v) is 14.2. The van der Waals surface area contributed by atoms with E-state index in [2.05, 4.69) is 11.4 Å². The number of halogens is 2. The van der Waals surface area contributed by atoms with Crippen LogP contribution in [0.4, 0.5) is 10.1 Å². The van der Waals surface area contributed by atoms with Gasteiger partial charge in [0, 0.05) is 18.0 Å². The van der Waals surface area contributed by atoms with E-state index in [9.17, 15) is 14.4 Å². The van der Waals surface area contributed by atoms with Gasteiger partial charge in [0.25, 0.3) is 0 Å². The van der Waals surface area contributed by atoms with E-state index in [4.69, 9.17) is 11.6 Å². The Morgan fingerprint density at radius 2 is 2.08 bits per heavy atom. The van der Waals surface area contributed by atoms with E-state index < -0.39 is 5.13 Å². The van der Waals surface area contributed by atoms with E-state index in [0.29, 0.717) is 12.1 Å². The zero-order valence-electron chi connectivity index (χ0n) is 13.4. The minimum Gasteiger partial charge on any atom is -0.323 e. The van der Waals surface area contributed by atoms with Crippen LogP contribution in [0.2, 0.25) is 0 Å². The largest absolute Gasteiger partial charge is 0.323 e. The van der Waals surface area contributed by atoms with Gasteiger partial charge in [-0.2, -0.15) is 5.26 Å². The normalized spacial score (nSPS) is 26.8. The number of hydrogen-bond acceptors (Lipinski definition) is 2. The summed E-state index contributed by atoms with van der Waals surface area (Å²) >= 11 is 5.55. The molecular formula is C19H20ClFN2O. The summed E-state index contributed by atoms with van der Waals surface area (Å²) in [4.78, 5) is 11.8. The van der Waals surface area contributed by atoms with Crippen LogP contribution < -0.4 is 5.32 Å². The molecule has 3 rings (SSSR count). The van der Waals surface area contributed by atoms with Crippen molar-refractivity contribution in [1.82, 2.24) is 0 Å². The van der Waals surface area contributed by atoms with E-state index in [1.807, 2.05) is 24.3 Å². The van der Waals surface area contributed by atoms with E-state index in [1.165, 1.54) is 6.08 Å². The Morgan fingerprint density at radius 1 is 1.42 bits per heavy atom. The minimum atomic E-state index is -1.47. The van der Waals surface area contributed by atoms with Crippen LogP contribution in [0.5, 0.6) is 0 Å². The number of anilines is 1. The van der Waals surface area contributed by atoms with Gasteiger partial charge in [-0.1, -0.05) is 29.8 Å². The Balaban J connectivity index is 1.40. The van der Waals surface area contributed by atoms with Crippen LogP contribution in [0.1, 0.15) is 44.1 Å². The van der Waals surface area contributed by atoms with E-state index in [0.717, 1.165) is 37.7 Å². The Kier molecular flexibility index (Phi) is 4.64. The average molecular weight is 347 g/mol. The number of nitrogens with one attached hydrogen (secondary N) is 1. The topological polar surface area (TPSA) is 52.9 Å². The summed E-state index contributed by atoms with van der Waals surface area (Å²) in [5.74, 6) is -0.212. The highest BCUT2D eigenvalue weighted by molar-refractivity contribution is 6.24. The monoisotopic (exact) mass is 346 g/mol. The van der Waals surface area contributed by atoms with Crippen LogP contribution in [0.15, 0.2) is 36.4 Å². The van der Waals surface area contributed by atoms with Gasteiger partial charge in [0.05, 0.1) is 11.5 Å². The number of amides is 1. The van der Waals surface area contributed by atoms with Crippen LogP contribution in [0.3, 0.4) is 0 Å². The molecule has 2 fully saturated rings. The first-order valence-corrected chi connectivity index (χ1v) is 8.70.